The Kier molecular flexibility index (Phi) is 4.64. The molecule has 1 unspecified atom stereocenters. The maximum atomic E-state index is 5.93. The molecule has 0 aromatic rings. The lowest BCUT2D eigenvalue weighted by Gasteiger charge is -2.20. The van der Waals surface area contributed by atoms with Crippen molar-refractivity contribution in [3.63, 3.8) is 0 Å². The van der Waals surface area contributed by atoms with Gasteiger partial charge in [0.25, 0.3) is 0 Å². The maximum Gasteiger partial charge on any atom is 0.107 e. The van der Waals surface area contributed by atoms with Crippen molar-refractivity contribution in [2.45, 2.75) is 38.4 Å². The molecule has 0 bridgehead atoms. The Labute approximate surface area is 85.4 Å². The van der Waals surface area contributed by atoms with Crippen molar-refractivity contribution in [3.05, 3.63) is 0 Å². The fraction of sp³-hybridized carbons (Fsp3) is 0.900. The Morgan fingerprint density at radius 2 is 2.31 bits per heavy atom. The highest BCUT2D eigenvalue weighted by atomic mass is 32.2. The summed E-state index contributed by atoms with van der Waals surface area (Å²) >= 11 is 1.97. The van der Waals surface area contributed by atoms with Crippen LogP contribution in [0.4, 0.5) is 0 Å². The molecule has 2 N–H and O–H groups in total. The number of nitrogens with zero attached hydrogens (tertiary/aromatic N) is 1. The quantitative estimate of drug-likeness (QED) is 0.561. The van der Waals surface area contributed by atoms with Crippen molar-refractivity contribution in [2.24, 2.45) is 16.6 Å². The first-order valence-corrected chi connectivity index (χ1v) is 6.16. The van der Waals surface area contributed by atoms with Crippen LogP contribution in [0.3, 0.4) is 0 Å². The second-order valence-corrected chi connectivity index (χ2v) is 5.33. The molecule has 0 radical (unpaired) electrons. The van der Waals surface area contributed by atoms with Gasteiger partial charge in [0.15, 0.2) is 0 Å². The zero-order valence-electron chi connectivity index (χ0n) is 8.62. The van der Waals surface area contributed by atoms with Gasteiger partial charge in [-0.3, -0.25) is 4.99 Å². The van der Waals surface area contributed by atoms with Gasteiger partial charge in [0.05, 0.1) is 5.25 Å². The third-order valence-electron chi connectivity index (χ3n) is 2.15. The van der Waals surface area contributed by atoms with Crippen molar-refractivity contribution in [1.82, 2.24) is 0 Å². The van der Waals surface area contributed by atoms with Crippen molar-refractivity contribution in [1.29, 1.82) is 0 Å². The smallest absolute Gasteiger partial charge is 0.107 e. The molecular formula is C10H20N2S. The van der Waals surface area contributed by atoms with Gasteiger partial charge in [0.1, 0.15) is 5.84 Å². The molecule has 13 heavy (non-hydrogen) atoms. The monoisotopic (exact) mass is 200 g/mol. The molecule has 3 heteroatoms. The second-order valence-electron chi connectivity index (χ2n) is 4.01. The molecule has 0 aromatic carbocycles. The molecule has 1 rings (SSSR count). The van der Waals surface area contributed by atoms with Gasteiger partial charge in [-0.15, -0.1) is 0 Å². The topological polar surface area (TPSA) is 38.4 Å². The molecule has 0 aromatic heterocycles. The number of hydrogen-bond acceptors (Lipinski definition) is 2. The van der Waals surface area contributed by atoms with Crippen LogP contribution in [0, 0.1) is 5.92 Å². The fourth-order valence-corrected chi connectivity index (χ4v) is 2.60. The molecule has 1 saturated heterocycles. The van der Waals surface area contributed by atoms with Crippen LogP contribution in [0.25, 0.3) is 0 Å². The van der Waals surface area contributed by atoms with E-state index in [1.807, 2.05) is 11.8 Å². The predicted molar refractivity (Wildman–Crippen MR) is 61.4 cm³/mol. The first-order valence-electron chi connectivity index (χ1n) is 5.11. The highest BCUT2D eigenvalue weighted by Gasteiger charge is 2.17. The lowest BCUT2D eigenvalue weighted by molar-refractivity contribution is 0.660. The first kappa shape index (κ1) is 10.9. The molecular weight excluding hydrogens is 180 g/mol. The summed E-state index contributed by atoms with van der Waals surface area (Å²) in [5.41, 5.74) is 5.93. The van der Waals surface area contributed by atoms with Crippen molar-refractivity contribution in [3.8, 4) is 0 Å². The van der Waals surface area contributed by atoms with Crippen LogP contribution in [-0.2, 0) is 0 Å². The number of aliphatic imine (C=N–C) groups is 1. The van der Waals surface area contributed by atoms with Crippen LogP contribution < -0.4 is 5.73 Å². The largest absolute Gasteiger partial charge is 0.387 e. The summed E-state index contributed by atoms with van der Waals surface area (Å²) < 4.78 is 0. The average Bonchev–Trinajstić information content (AvgIpc) is 2.15. The second kappa shape index (κ2) is 5.53. The molecule has 0 aliphatic carbocycles. The molecule has 1 aliphatic heterocycles. The molecule has 2 nitrogen and oxygen atoms in total. The minimum absolute atomic E-state index is 0.507. The number of hydrogen-bond donors (Lipinski definition) is 1. The summed E-state index contributed by atoms with van der Waals surface area (Å²) in [4.78, 5) is 4.42. The summed E-state index contributed by atoms with van der Waals surface area (Å²) in [5.74, 6) is 2.74. The lowest BCUT2D eigenvalue weighted by Crippen LogP contribution is -2.29. The Morgan fingerprint density at radius 3 is 2.85 bits per heavy atom. The Balaban J connectivity index is 2.35. The fourth-order valence-electron chi connectivity index (χ4n) is 1.36. The van der Waals surface area contributed by atoms with Gasteiger partial charge in [-0.25, -0.2) is 0 Å². The summed E-state index contributed by atoms with van der Waals surface area (Å²) in [7, 11) is 0. The maximum absolute atomic E-state index is 5.93. The molecule has 1 aliphatic rings. The molecule has 76 valence electrons. The molecule has 1 heterocycles. The predicted octanol–water partition coefficient (Wildman–Crippen LogP) is 2.29. The van der Waals surface area contributed by atoms with Gasteiger partial charge in [-0.2, -0.15) is 11.8 Å². The summed E-state index contributed by atoms with van der Waals surface area (Å²) in [5, 5.41) is 0.507. The highest BCUT2D eigenvalue weighted by Crippen LogP contribution is 2.24. The van der Waals surface area contributed by atoms with Crippen molar-refractivity contribution >= 4 is 17.6 Å². The third kappa shape index (κ3) is 4.03. The third-order valence-corrected chi connectivity index (χ3v) is 3.55. The Morgan fingerprint density at radius 1 is 1.54 bits per heavy atom. The number of thioether (sulfide) groups is 1. The van der Waals surface area contributed by atoms with Gasteiger partial charge >= 0.3 is 0 Å². The zero-order valence-corrected chi connectivity index (χ0v) is 9.44. The molecule has 0 amide bonds. The molecule has 1 atom stereocenters. The number of rotatable bonds is 3. The van der Waals surface area contributed by atoms with Crippen LogP contribution in [0.1, 0.15) is 33.1 Å². The summed E-state index contributed by atoms with van der Waals surface area (Å²) in [6.07, 6.45) is 3.88. The SMILES string of the molecule is CC(C)CN=C(N)C1CCCCS1. The van der Waals surface area contributed by atoms with Crippen LogP contribution >= 0.6 is 11.8 Å². The Hall–Kier alpha value is -0.180. The van der Waals surface area contributed by atoms with Gasteiger partial charge in [0, 0.05) is 6.54 Å². The van der Waals surface area contributed by atoms with Crippen LogP contribution in [-0.4, -0.2) is 23.4 Å². The average molecular weight is 200 g/mol. The molecule has 0 spiro atoms. The van der Waals surface area contributed by atoms with Gasteiger partial charge < -0.3 is 5.73 Å². The minimum Gasteiger partial charge on any atom is -0.387 e. The van der Waals surface area contributed by atoms with Crippen LogP contribution in [0.15, 0.2) is 4.99 Å². The van der Waals surface area contributed by atoms with E-state index in [9.17, 15) is 0 Å². The van der Waals surface area contributed by atoms with E-state index in [4.69, 9.17) is 5.73 Å². The molecule has 1 fully saturated rings. The number of amidine groups is 1. The van der Waals surface area contributed by atoms with Crippen molar-refractivity contribution < 1.29 is 0 Å². The van der Waals surface area contributed by atoms with Crippen molar-refractivity contribution in [2.75, 3.05) is 12.3 Å². The van der Waals surface area contributed by atoms with Gasteiger partial charge in [-0.1, -0.05) is 20.3 Å². The summed E-state index contributed by atoms with van der Waals surface area (Å²) in [6, 6.07) is 0. The van der Waals surface area contributed by atoms with E-state index in [1.54, 1.807) is 0 Å². The van der Waals surface area contributed by atoms with E-state index in [2.05, 4.69) is 18.8 Å². The van der Waals surface area contributed by atoms with E-state index in [0.29, 0.717) is 11.2 Å². The standard InChI is InChI=1S/C10H20N2S/c1-8(2)7-12-10(11)9-5-3-4-6-13-9/h8-9H,3-7H2,1-2H3,(H2,11,12). The van der Waals surface area contributed by atoms with E-state index in [0.717, 1.165) is 12.4 Å². The van der Waals surface area contributed by atoms with E-state index < -0.39 is 0 Å². The minimum atomic E-state index is 0.507. The first-order chi connectivity index (χ1) is 6.20. The van der Waals surface area contributed by atoms with Gasteiger partial charge in [-0.05, 0) is 24.5 Å². The van der Waals surface area contributed by atoms with Crippen LogP contribution in [0.2, 0.25) is 0 Å². The van der Waals surface area contributed by atoms with E-state index >= 15 is 0 Å². The zero-order chi connectivity index (χ0) is 9.68. The van der Waals surface area contributed by atoms with Gasteiger partial charge in [0.2, 0.25) is 0 Å². The van der Waals surface area contributed by atoms with Crippen LogP contribution in [0.5, 0.6) is 0 Å². The molecule has 0 saturated carbocycles. The lowest BCUT2D eigenvalue weighted by atomic mass is 10.1. The number of nitrogens with two attached hydrogens (primary N) is 1. The summed E-state index contributed by atoms with van der Waals surface area (Å²) in [6.45, 7) is 5.22. The Bertz CT molecular complexity index is 172. The van der Waals surface area contributed by atoms with E-state index in [-0.39, 0.29) is 0 Å². The van der Waals surface area contributed by atoms with E-state index in [1.165, 1.54) is 25.0 Å². The normalized spacial score (nSPS) is 25.2. The highest BCUT2D eigenvalue weighted by molar-refractivity contribution is 8.00.